The van der Waals surface area contributed by atoms with E-state index in [1.54, 1.807) is 11.4 Å². The lowest BCUT2D eigenvalue weighted by molar-refractivity contribution is -0.140. The van der Waals surface area contributed by atoms with E-state index in [4.69, 9.17) is 22.2 Å². The Morgan fingerprint density at radius 1 is 1.24 bits per heavy atom. The number of aryl methyl sites for hydroxylation is 1. The van der Waals surface area contributed by atoms with Crippen LogP contribution in [0.25, 0.3) is 11.0 Å². The minimum absolute atomic E-state index is 0.220. The van der Waals surface area contributed by atoms with E-state index in [0.29, 0.717) is 9.41 Å². The number of aromatic amines is 1. The van der Waals surface area contributed by atoms with Gasteiger partial charge in [0.15, 0.2) is 0 Å². The molecule has 13 heteroatoms. The number of H-pyrrole nitrogens is 1. The van der Waals surface area contributed by atoms with Crippen molar-refractivity contribution < 1.29 is 19.5 Å². The van der Waals surface area contributed by atoms with Crippen molar-refractivity contribution in [3.05, 3.63) is 65.4 Å². The summed E-state index contributed by atoms with van der Waals surface area (Å²) in [5.41, 5.74) is 6.90. The normalized spacial score (nSPS) is 14.5. The van der Waals surface area contributed by atoms with Gasteiger partial charge in [-0.2, -0.15) is 15.4 Å². The number of fused-ring (bicyclic) bond motifs is 1. The monoisotopic (exact) mass is 504 g/mol. The highest BCUT2D eigenvalue weighted by Crippen LogP contribution is 2.19. The van der Waals surface area contributed by atoms with E-state index >= 15 is 0 Å². The van der Waals surface area contributed by atoms with Crippen molar-refractivity contribution in [2.45, 2.75) is 6.92 Å². The van der Waals surface area contributed by atoms with Crippen molar-refractivity contribution in [2.75, 3.05) is 17.5 Å². The second-order valence-corrected chi connectivity index (χ2v) is 8.63. The van der Waals surface area contributed by atoms with Gasteiger partial charge in [0, 0.05) is 0 Å². The Hall–Kier alpha value is -3.29. The third kappa shape index (κ3) is 7.10. The maximum Gasteiger partial charge on any atom is 0.323 e. The summed E-state index contributed by atoms with van der Waals surface area (Å²) in [6, 6.07) is 15.7. The van der Waals surface area contributed by atoms with Crippen LogP contribution in [0.2, 0.25) is 0 Å². The molecule has 172 valence electrons. The number of anilines is 1. The largest absolute Gasteiger partial charge is 0.480 e. The Kier molecular flexibility index (Phi) is 8.52. The number of carboxylic acid groups (broad SMARTS) is 1. The molecule has 1 aromatic heterocycles. The first kappa shape index (κ1) is 24.4. The first-order chi connectivity index (χ1) is 15.8. The van der Waals surface area contributed by atoms with E-state index < -0.39 is 5.97 Å². The van der Waals surface area contributed by atoms with Crippen molar-refractivity contribution in [2.24, 2.45) is 0 Å². The molecular weight excluding hydrogens is 484 g/mol. The first-order valence-electron chi connectivity index (χ1n) is 9.48. The van der Waals surface area contributed by atoms with E-state index in [9.17, 15) is 9.59 Å². The molecule has 0 bridgehead atoms. The minimum Gasteiger partial charge on any atom is -0.480 e. The van der Waals surface area contributed by atoms with Crippen LogP contribution in [-0.2, 0) is 14.4 Å². The number of thiocarbonyl (C=S) groups is 1. The fourth-order valence-electron chi connectivity index (χ4n) is 2.57. The number of carbonyl (C=O) groups is 2. The fraction of sp³-hybridized carbons (Fsp3) is 0.150. The average molecular weight is 505 g/mol. The number of hydrogen-bond donors (Lipinski definition) is 4. The molecule has 5 rings (SSSR count). The van der Waals surface area contributed by atoms with Crippen LogP contribution in [0.3, 0.4) is 0 Å². The Morgan fingerprint density at radius 3 is 2.58 bits per heavy atom. The molecule has 2 aliphatic heterocycles. The van der Waals surface area contributed by atoms with Gasteiger partial charge in [0.05, 0.1) is 17.6 Å². The highest BCUT2D eigenvalue weighted by Gasteiger charge is 2.27. The molecule has 3 heterocycles. The maximum atomic E-state index is 10.9. The Morgan fingerprint density at radius 2 is 1.97 bits per heavy atom. The second kappa shape index (κ2) is 11.5. The van der Waals surface area contributed by atoms with Crippen molar-refractivity contribution in [1.82, 2.24) is 25.7 Å². The lowest BCUT2D eigenvalue weighted by Gasteiger charge is -2.16. The zero-order chi connectivity index (χ0) is 23.8. The Bertz CT molecular complexity index is 1150. The van der Waals surface area contributed by atoms with Crippen LogP contribution in [0, 0.1) is 6.92 Å². The second-order valence-electron chi connectivity index (χ2n) is 6.58. The number of amides is 1. The number of aromatic nitrogens is 3. The van der Waals surface area contributed by atoms with Crippen molar-refractivity contribution in [3.8, 4) is 0 Å². The summed E-state index contributed by atoms with van der Waals surface area (Å²) in [7, 11) is 0. The van der Waals surface area contributed by atoms with Gasteiger partial charge in [-0.05, 0) is 36.8 Å². The van der Waals surface area contributed by atoms with Crippen LogP contribution < -0.4 is 10.6 Å². The van der Waals surface area contributed by atoms with Gasteiger partial charge >= 0.3 is 5.97 Å². The van der Waals surface area contributed by atoms with Gasteiger partial charge in [-0.1, -0.05) is 48.2 Å². The number of benzene rings is 2. The molecule has 33 heavy (non-hydrogen) atoms. The number of nitrogens with one attached hydrogen (secondary N) is 2. The van der Waals surface area contributed by atoms with Crippen LogP contribution in [0.15, 0.2) is 59.8 Å². The summed E-state index contributed by atoms with van der Waals surface area (Å²) < 4.78 is 0.359. The summed E-state index contributed by atoms with van der Waals surface area (Å²) in [5, 5.41) is 20.9. The molecule has 0 atom stereocenters. The van der Waals surface area contributed by atoms with Gasteiger partial charge in [-0.3, -0.25) is 19.9 Å². The third-order valence-corrected chi connectivity index (χ3v) is 5.73. The molecule has 3 aromatic rings. The van der Waals surface area contributed by atoms with Crippen molar-refractivity contribution in [3.63, 3.8) is 0 Å². The van der Waals surface area contributed by atoms with Gasteiger partial charge in [0.25, 0.3) is 0 Å². The molecule has 1 saturated heterocycles. The van der Waals surface area contributed by atoms with E-state index in [0.717, 1.165) is 21.6 Å². The topological polar surface area (TPSA) is 124 Å². The van der Waals surface area contributed by atoms with E-state index in [-0.39, 0.29) is 18.2 Å². The van der Waals surface area contributed by atoms with Crippen LogP contribution >= 0.6 is 36.6 Å². The number of thioether (sulfide) groups is 1. The van der Waals surface area contributed by atoms with E-state index in [1.807, 2.05) is 55.5 Å². The van der Waals surface area contributed by atoms with Crippen molar-refractivity contribution >= 4 is 69.5 Å². The lowest BCUT2D eigenvalue weighted by Crippen LogP contribution is -2.33. The Balaban J connectivity index is 0.000000140. The van der Waals surface area contributed by atoms with Crippen molar-refractivity contribution in [1.29, 1.82) is 0 Å². The van der Waals surface area contributed by atoms with Gasteiger partial charge in [-0.25, -0.2) is 0 Å². The number of nitrogens with zero attached hydrogens (tertiary/aromatic N) is 4. The summed E-state index contributed by atoms with van der Waals surface area (Å²) >= 11 is 9.98. The van der Waals surface area contributed by atoms with Gasteiger partial charge in [0.2, 0.25) is 11.0 Å². The SMILES string of the molecule is Cc1ccc2n[nH]nc2c1.O=C(O)CN1C(=O)CSC1=S.SC1=CNN(c2ccccc2)O1. The highest BCUT2D eigenvalue weighted by atomic mass is 32.2. The molecule has 0 unspecified atom stereocenters. The molecule has 10 nitrogen and oxygen atoms in total. The van der Waals surface area contributed by atoms with E-state index in [2.05, 4.69) is 33.5 Å². The predicted octanol–water partition coefficient (Wildman–Crippen LogP) is 2.87. The molecule has 0 saturated carbocycles. The quantitative estimate of drug-likeness (QED) is 0.313. The number of carbonyl (C=O) groups excluding carboxylic acids is 1. The molecule has 1 fully saturated rings. The zero-order valence-corrected chi connectivity index (χ0v) is 19.9. The minimum atomic E-state index is -1.04. The number of carboxylic acids is 1. The third-order valence-electron chi connectivity index (χ3n) is 4.09. The fourth-order valence-corrected chi connectivity index (χ4v) is 3.78. The standard InChI is InChI=1S/C8H8N2OS.C7H7N3.C5H5NO3S2/c12-8-6-9-10(11-8)7-4-2-1-3-5-7;1-5-2-3-6-7(4-5)9-10-8-6;7-3-2-11-5(10)6(3)1-4(8)9/h1-6,9,12H;2-4H,1H3,(H,8,9,10);1-2H2,(H,8,9). The summed E-state index contributed by atoms with van der Waals surface area (Å²) in [6.45, 7) is 1.72. The van der Waals surface area contributed by atoms with E-state index in [1.165, 1.54) is 17.3 Å². The van der Waals surface area contributed by atoms with Crippen LogP contribution in [0.4, 0.5) is 5.69 Å². The zero-order valence-electron chi connectivity index (χ0n) is 17.3. The smallest absolute Gasteiger partial charge is 0.323 e. The summed E-state index contributed by atoms with van der Waals surface area (Å²) in [4.78, 5) is 27.4. The number of para-hydroxylation sites is 1. The molecule has 0 aliphatic carbocycles. The van der Waals surface area contributed by atoms with Gasteiger partial charge in [-0.15, -0.1) is 17.8 Å². The van der Waals surface area contributed by atoms with Gasteiger partial charge in [0.1, 0.15) is 21.9 Å². The average Bonchev–Trinajstić information content (AvgIpc) is 3.52. The number of aliphatic carboxylic acids is 1. The number of rotatable bonds is 3. The summed E-state index contributed by atoms with van der Waals surface area (Å²) in [6.07, 6.45) is 1.68. The van der Waals surface area contributed by atoms with Crippen LogP contribution in [0.1, 0.15) is 5.56 Å². The highest BCUT2D eigenvalue weighted by molar-refractivity contribution is 8.23. The Labute approximate surface area is 204 Å². The lowest BCUT2D eigenvalue weighted by atomic mass is 10.2. The number of hydrazine groups is 1. The molecular formula is C20H20N6O4S3. The molecule has 0 radical (unpaired) electrons. The maximum absolute atomic E-state index is 10.9. The summed E-state index contributed by atoms with van der Waals surface area (Å²) in [5.74, 6) is -0.989. The molecule has 1 amide bonds. The molecule has 2 aliphatic rings. The van der Waals surface area contributed by atoms with Crippen LogP contribution in [0.5, 0.6) is 0 Å². The van der Waals surface area contributed by atoms with Gasteiger partial charge < -0.3 is 9.94 Å². The molecule has 0 spiro atoms. The number of hydrogen-bond acceptors (Lipinski definition) is 10. The molecule has 3 N–H and O–H groups in total. The predicted molar refractivity (Wildman–Crippen MR) is 133 cm³/mol. The van der Waals surface area contributed by atoms with Crippen LogP contribution in [-0.4, -0.2) is 53.9 Å². The molecule has 2 aromatic carbocycles. The number of thiol groups is 1. The first-order valence-corrected chi connectivity index (χ1v) is 11.3.